The standard InChI is InChI=1S/C20H20N6O/c27-19(14-26-24-20(23-25-26)16-10-2-1-3-11-16)22-21-18-13-7-5-9-15-8-4-6-12-17(15)18/h1-4,6,8,10-12H,5,7,9,13-14H2,(H,22,27)/b21-18+. The molecule has 136 valence electrons. The Morgan fingerprint density at radius 3 is 2.70 bits per heavy atom. The van der Waals surface area contributed by atoms with Gasteiger partial charge in [0.15, 0.2) is 0 Å². The minimum Gasteiger partial charge on any atom is -0.271 e. The molecule has 0 aliphatic heterocycles. The average molecular weight is 360 g/mol. The van der Waals surface area contributed by atoms with Crippen molar-refractivity contribution in [1.29, 1.82) is 0 Å². The van der Waals surface area contributed by atoms with Gasteiger partial charge in [-0.25, -0.2) is 5.43 Å². The number of hydrazone groups is 1. The zero-order valence-corrected chi connectivity index (χ0v) is 14.9. The number of benzene rings is 2. The number of rotatable bonds is 4. The van der Waals surface area contributed by atoms with Gasteiger partial charge < -0.3 is 0 Å². The van der Waals surface area contributed by atoms with Crippen molar-refractivity contribution >= 4 is 11.6 Å². The van der Waals surface area contributed by atoms with Gasteiger partial charge in [0.25, 0.3) is 5.91 Å². The van der Waals surface area contributed by atoms with Gasteiger partial charge in [0, 0.05) is 11.1 Å². The van der Waals surface area contributed by atoms with E-state index in [1.54, 1.807) is 0 Å². The zero-order chi connectivity index (χ0) is 18.5. The summed E-state index contributed by atoms with van der Waals surface area (Å²) >= 11 is 0. The van der Waals surface area contributed by atoms with Gasteiger partial charge in [-0.1, -0.05) is 54.6 Å². The molecule has 0 spiro atoms. The van der Waals surface area contributed by atoms with E-state index in [1.807, 2.05) is 42.5 Å². The number of nitrogens with zero attached hydrogens (tertiary/aromatic N) is 5. The Morgan fingerprint density at radius 1 is 1.04 bits per heavy atom. The molecule has 0 saturated heterocycles. The zero-order valence-electron chi connectivity index (χ0n) is 14.9. The molecule has 0 unspecified atom stereocenters. The molecular weight excluding hydrogens is 340 g/mol. The molecule has 4 rings (SSSR count). The van der Waals surface area contributed by atoms with Gasteiger partial charge in [0.1, 0.15) is 6.54 Å². The van der Waals surface area contributed by atoms with E-state index in [0.29, 0.717) is 5.82 Å². The third kappa shape index (κ3) is 4.08. The smallest absolute Gasteiger partial charge is 0.263 e. The minimum absolute atomic E-state index is 0.0295. The molecule has 7 nitrogen and oxygen atoms in total. The summed E-state index contributed by atoms with van der Waals surface area (Å²) in [4.78, 5) is 13.5. The lowest BCUT2D eigenvalue weighted by atomic mass is 10.0. The lowest BCUT2D eigenvalue weighted by molar-refractivity contribution is -0.122. The van der Waals surface area contributed by atoms with Crippen molar-refractivity contribution in [2.45, 2.75) is 32.2 Å². The van der Waals surface area contributed by atoms with Gasteiger partial charge in [-0.3, -0.25) is 4.79 Å². The van der Waals surface area contributed by atoms with Crippen LogP contribution in [0.3, 0.4) is 0 Å². The van der Waals surface area contributed by atoms with Crippen LogP contribution in [-0.4, -0.2) is 31.8 Å². The molecule has 1 aliphatic carbocycles. The molecule has 0 radical (unpaired) electrons. The fourth-order valence-corrected chi connectivity index (χ4v) is 3.19. The topological polar surface area (TPSA) is 85.1 Å². The first-order chi connectivity index (χ1) is 13.3. The predicted octanol–water partition coefficient (Wildman–Crippen LogP) is 2.59. The normalized spacial score (nSPS) is 15.2. The van der Waals surface area contributed by atoms with Crippen molar-refractivity contribution in [2.75, 3.05) is 0 Å². The summed E-state index contributed by atoms with van der Waals surface area (Å²) in [6.45, 7) is -0.0295. The van der Waals surface area contributed by atoms with E-state index >= 15 is 0 Å². The summed E-state index contributed by atoms with van der Waals surface area (Å²) < 4.78 is 0. The van der Waals surface area contributed by atoms with Gasteiger partial charge in [-0.05, 0) is 36.5 Å². The fourth-order valence-electron chi connectivity index (χ4n) is 3.19. The minimum atomic E-state index is -0.277. The van der Waals surface area contributed by atoms with Crippen molar-refractivity contribution in [1.82, 2.24) is 25.6 Å². The molecule has 1 heterocycles. The number of carbonyl (C=O) groups is 1. The highest BCUT2D eigenvalue weighted by Gasteiger charge is 2.14. The molecular formula is C20H20N6O. The third-order valence-corrected chi connectivity index (χ3v) is 4.52. The summed E-state index contributed by atoms with van der Waals surface area (Å²) in [5, 5.41) is 16.6. The van der Waals surface area contributed by atoms with Crippen LogP contribution < -0.4 is 5.43 Å². The Morgan fingerprint density at radius 2 is 1.81 bits per heavy atom. The second-order valence-electron chi connectivity index (χ2n) is 6.47. The molecule has 0 fully saturated rings. The van der Waals surface area contributed by atoms with Gasteiger partial charge in [-0.2, -0.15) is 9.90 Å². The van der Waals surface area contributed by atoms with E-state index in [4.69, 9.17) is 0 Å². The van der Waals surface area contributed by atoms with Crippen molar-refractivity contribution in [3.8, 4) is 11.4 Å². The fraction of sp³-hybridized carbons (Fsp3) is 0.250. The maximum atomic E-state index is 12.3. The van der Waals surface area contributed by atoms with E-state index in [0.717, 1.165) is 42.5 Å². The first-order valence-electron chi connectivity index (χ1n) is 9.06. The number of aromatic nitrogens is 4. The second kappa shape index (κ2) is 7.90. The van der Waals surface area contributed by atoms with Crippen LogP contribution in [0.4, 0.5) is 0 Å². The Hall–Kier alpha value is -3.35. The van der Waals surface area contributed by atoms with Crippen LogP contribution in [0.2, 0.25) is 0 Å². The summed E-state index contributed by atoms with van der Waals surface area (Å²) in [6, 6.07) is 17.8. The van der Waals surface area contributed by atoms with E-state index in [9.17, 15) is 4.79 Å². The molecule has 0 bridgehead atoms. The molecule has 7 heteroatoms. The van der Waals surface area contributed by atoms with Gasteiger partial charge in [0.2, 0.25) is 5.82 Å². The largest absolute Gasteiger partial charge is 0.271 e. The van der Waals surface area contributed by atoms with Crippen LogP contribution in [0.1, 0.15) is 30.4 Å². The van der Waals surface area contributed by atoms with Crippen LogP contribution >= 0.6 is 0 Å². The van der Waals surface area contributed by atoms with Crippen LogP contribution in [-0.2, 0) is 17.8 Å². The van der Waals surface area contributed by atoms with Gasteiger partial charge >= 0.3 is 0 Å². The Kier molecular flexibility index (Phi) is 5.00. The molecule has 1 N–H and O–H groups in total. The van der Waals surface area contributed by atoms with E-state index in [1.165, 1.54) is 10.4 Å². The Balaban J connectivity index is 1.43. The number of amides is 1. The molecule has 2 aromatic carbocycles. The molecule has 1 amide bonds. The number of nitrogens with one attached hydrogen (secondary N) is 1. The van der Waals surface area contributed by atoms with Crippen LogP contribution in [0, 0.1) is 0 Å². The summed E-state index contributed by atoms with van der Waals surface area (Å²) in [5.41, 5.74) is 6.83. The molecule has 1 aromatic heterocycles. The first kappa shape index (κ1) is 17.1. The van der Waals surface area contributed by atoms with Gasteiger partial charge in [0.05, 0.1) is 5.71 Å². The number of aryl methyl sites for hydroxylation is 1. The molecule has 3 aromatic rings. The monoisotopic (exact) mass is 360 g/mol. The summed E-state index contributed by atoms with van der Waals surface area (Å²) in [5.74, 6) is 0.216. The highest BCUT2D eigenvalue weighted by atomic mass is 16.2. The highest BCUT2D eigenvalue weighted by molar-refractivity contribution is 6.02. The highest BCUT2D eigenvalue weighted by Crippen LogP contribution is 2.20. The Bertz CT molecular complexity index is 963. The Labute approximate surface area is 157 Å². The number of fused-ring (bicyclic) bond motifs is 1. The molecule has 1 aliphatic rings. The predicted molar refractivity (Wildman–Crippen MR) is 102 cm³/mol. The lowest BCUT2D eigenvalue weighted by Gasteiger charge is -2.07. The number of hydrogen-bond donors (Lipinski definition) is 1. The van der Waals surface area contributed by atoms with Crippen molar-refractivity contribution in [2.24, 2.45) is 5.10 Å². The molecule has 0 atom stereocenters. The van der Waals surface area contributed by atoms with Gasteiger partial charge in [-0.15, -0.1) is 10.2 Å². The maximum Gasteiger partial charge on any atom is 0.263 e. The maximum absolute atomic E-state index is 12.3. The van der Waals surface area contributed by atoms with E-state index in [2.05, 4.69) is 38.1 Å². The van der Waals surface area contributed by atoms with Crippen LogP contribution in [0.5, 0.6) is 0 Å². The van der Waals surface area contributed by atoms with E-state index < -0.39 is 0 Å². The van der Waals surface area contributed by atoms with Crippen molar-refractivity contribution < 1.29 is 4.79 Å². The second-order valence-corrected chi connectivity index (χ2v) is 6.47. The SMILES string of the molecule is O=C(Cn1nnc(-c2ccccc2)n1)N/N=C1\CCCCc2ccccc21. The first-order valence-corrected chi connectivity index (χ1v) is 9.06. The number of hydrogen-bond acceptors (Lipinski definition) is 5. The summed E-state index contributed by atoms with van der Waals surface area (Å²) in [6.07, 6.45) is 4.11. The molecule has 27 heavy (non-hydrogen) atoms. The van der Waals surface area contributed by atoms with Crippen molar-refractivity contribution in [3.05, 3.63) is 65.7 Å². The summed E-state index contributed by atoms with van der Waals surface area (Å²) in [7, 11) is 0. The average Bonchev–Trinajstić information content (AvgIpc) is 3.07. The number of carbonyl (C=O) groups excluding carboxylic acids is 1. The quantitative estimate of drug-likeness (QED) is 0.572. The molecule has 0 saturated carbocycles. The lowest BCUT2D eigenvalue weighted by Crippen LogP contribution is -2.26. The van der Waals surface area contributed by atoms with E-state index in [-0.39, 0.29) is 12.5 Å². The number of tetrazole rings is 1. The van der Waals surface area contributed by atoms with Crippen LogP contribution in [0.15, 0.2) is 59.7 Å². The third-order valence-electron chi connectivity index (χ3n) is 4.52. The van der Waals surface area contributed by atoms with Crippen LogP contribution in [0.25, 0.3) is 11.4 Å². The van der Waals surface area contributed by atoms with Crippen molar-refractivity contribution in [3.63, 3.8) is 0 Å².